The van der Waals surface area contributed by atoms with Gasteiger partial charge in [-0.15, -0.1) is 16.8 Å². The number of Topliss-reactive ketones (excluding diaryl/α,β-unsaturated/α-hetero) is 3. The summed E-state index contributed by atoms with van der Waals surface area (Å²) in [6.45, 7) is 7.98. The molecule has 9 N–H and O–H groups in total. The molecule has 26 heteroatoms. The number of fused-ring (bicyclic) bond motifs is 5. The molecule has 0 aliphatic carbocycles. The molecule has 0 radical (unpaired) electrons. The third-order valence-electron chi connectivity index (χ3n) is 14.2. The zero-order valence-corrected chi connectivity index (χ0v) is 47.0. The van der Waals surface area contributed by atoms with Crippen LogP contribution in [-0.2, 0) is 70.4 Å². The van der Waals surface area contributed by atoms with E-state index in [1.54, 1.807) is 18.2 Å². The number of aromatic amines is 1. The number of hydrogen-bond acceptors (Lipinski definition) is 19. The summed E-state index contributed by atoms with van der Waals surface area (Å²) in [5.74, 6) is -9.82. The van der Waals surface area contributed by atoms with Crippen LogP contribution in [0.2, 0.25) is 0 Å². The fourth-order valence-corrected chi connectivity index (χ4v) is 13.3. The molecule has 1 aromatic heterocycles. The molecule has 7 amide bonds. The Labute approximate surface area is 463 Å². The number of ketones is 3. The summed E-state index contributed by atoms with van der Waals surface area (Å²) in [5.41, 5.74) is -0.327. The number of hydrogen-bond donors (Lipinski definition) is 9. The minimum Gasteiger partial charge on any atom is -0.393 e. The molecule has 2 saturated heterocycles. The number of H-pyrrole nitrogens is 1. The molecule has 4 aliphatic heterocycles. The number of nitrogens with one attached hydrogen (secondary N) is 5. The van der Waals surface area contributed by atoms with E-state index in [4.69, 9.17) is 4.84 Å². The maximum atomic E-state index is 14.8. The maximum Gasteiger partial charge on any atom is 0.333 e. The number of nitrogens with zero attached hydrogens (tertiary/aromatic N) is 2. The zero-order valence-electron chi connectivity index (χ0n) is 44.5. The lowest BCUT2D eigenvalue weighted by Gasteiger charge is -2.30. The quantitative estimate of drug-likeness (QED) is 0.0640. The second kappa shape index (κ2) is 26.7. The van der Waals surface area contributed by atoms with Gasteiger partial charge in [0.15, 0.2) is 11.6 Å². The van der Waals surface area contributed by atoms with Crippen LogP contribution in [0.15, 0.2) is 23.2 Å². The Morgan fingerprint density at radius 1 is 0.872 bits per heavy atom. The van der Waals surface area contributed by atoms with Crippen molar-refractivity contribution in [3.63, 3.8) is 0 Å². The standard InChI is InChI=1S/C52H71N7O16S3/c1-26-40(64)19-30-18-35-34-17-29(16-31(62)8-7-15-77-78-51(4,5)14-13-44(68)75-59-42(66)11-12-43(59)67)9-10-36(34)57-49(35)76-24-38(50(73)58-23-32(63)20-39(58)48(72)54-26)56-46(70)33(28(3)61)21-41(65)27(2)53-47(71)37(55-45(30)69)22-52(6,74)25-60/h9-10,17,26-28,30,32-33,37-39,57,60-61,63,74H,7-8,11-16,18-25H2,1-6H3,(H,53,71)(H,54,72)(H,55,69)(H,56,70)/t26-,27-,28?,30+,32+,33+,37-,38+,39-,52+/m0/s1. The first-order valence-corrected chi connectivity index (χ1v) is 29.4. The second-order valence-electron chi connectivity index (χ2n) is 21.6. The van der Waals surface area contributed by atoms with Gasteiger partial charge < -0.3 is 56.4 Å². The van der Waals surface area contributed by atoms with E-state index < -0.39 is 145 Å². The van der Waals surface area contributed by atoms with Crippen LogP contribution >= 0.6 is 33.3 Å². The summed E-state index contributed by atoms with van der Waals surface area (Å²) in [7, 11) is 3.07. The van der Waals surface area contributed by atoms with Crippen molar-refractivity contribution >= 4 is 109 Å². The van der Waals surface area contributed by atoms with Crippen LogP contribution in [0.5, 0.6) is 0 Å². The van der Waals surface area contributed by atoms with Crippen LogP contribution in [-0.4, -0.2) is 177 Å². The Morgan fingerprint density at radius 2 is 1.54 bits per heavy atom. The summed E-state index contributed by atoms with van der Waals surface area (Å²) in [6.07, 6.45) is -3.54. The highest BCUT2D eigenvalue weighted by Gasteiger charge is 2.44. The van der Waals surface area contributed by atoms with E-state index in [2.05, 4.69) is 26.3 Å². The summed E-state index contributed by atoms with van der Waals surface area (Å²) < 4.78 is -0.388. The topological polar surface area (TPSA) is 348 Å². The molecular formula is C52H71N7O16S3. The van der Waals surface area contributed by atoms with E-state index in [9.17, 15) is 73.2 Å². The van der Waals surface area contributed by atoms with Gasteiger partial charge in [0.05, 0.1) is 47.4 Å². The van der Waals surface area contributed by atoms with E-state index in [-0.39, 0.29) is 67.8 Å². The van der Waals surface area contributed by atoms with Crippen molar-refractivity contribution < 1.29 is 78.0 Å². The van der Waals surface area contributed by atoms with Crippen molar-refractivity contribution in [3.8, 4) is 0 Å². The number of imide groups is 1. The van der Waals surface area contributed by atoms with Crippen molar-refractivity contribution in [1.82, 2.24) is 36.2 Å². The summed E-state index contributed by atoms with van der Waals surface area (Å²) in [6, 6.07) is -1.62. The van der Waals surface area contributed by atoms with Gasteiger partial charge in [-0.25, -0.2) is 4.79 Å². The van der Waals surface area contributed by atoms with Crippen molar-refractivity contribution in [2.45, 2.75) is 176 Å². The molecule has 2 bridgehead atoms. The molecule has 10 atom stereocenters. The van der Waals surface area contributed by atoms with E-state index in [0.717, 1.165) is 16.7 Å². The van der Waals surface area contributed by atoms with Gasteiger partial charge in [0, 0.05) is 97.4 Å². The number of aromatic nitrogens is 1. The Kier molecular flexibility index (Phi) is 21.2. The average molecular weight is 1150 g/mol. The number of amides is 7. The van der Waals surface area contributed by atoms with E-state index in [1.165, 1.54) is 49.3 Å². The number of thioether (sulfide) groups is 1. The van der Waals surface area contributed by atoms with Gasteiger partial charge in [0.1, 0.15) is 23.9 Å². The first-order valence-electron chi connectivity index (χ1n) is 26.1. The van der Waals surface area contributed by atoms with Gasteiger partial charge in [0.25, 0.3) is 11.8 Å². The third-order valence-corrected chi connectivity index (χ3v) is 18.8. The Bertz CT molecular complexity index is 2640. The fraction of sp³-hybridized carbons (Fsp3) is 0.635. The first-order chi connectivity index (χ1) is 36.6. The van der Waals surface area contributed by atoms with Gasteiger partial charge in [-0.05, 0) is 84.1 Å². The average Bonchev–Trinajstić information content (AvgIpc) is 4.04. The van der Waals surface area contributed by atoms with Crippen molar-refractivity contribution in [1.29, 1.82) is 0 Å². The highest BCUT2D eigenvalue weighted by Crippen LogP contribution is 2.40. The smallest absolute Gasteiger partial charge is 0.333 e. The van der Waals surface area contributed by atoms with Crippen LogP contribution in [0.25, 0.3) is 10.9 Å². The molecular weight excluding hydrogens is 1070 g/mol. The molecule has 428 valence electrons. The molecule has 5 heterocycles. The first kappa shape index (κ1) is 61.8. The predicted molar refractivity (Wildman–Crippen MR) is 287 cm³/mol. The van der Waals surface area contributed by atoms with Crippen LogP contribution in [0.4, 0.5) is 0 Å². The molecule has 6 rings (SSSR count). The van der Waals surface area contributed by atoms with Crippen LogP contribution in [0, 0.1) is 11.8 Å². The van der Waals surface area contributed by atoms with Crippen LogP contribution in [0.3, 0.4) is 0 Å². The minimum absolute atomic E-state index is 0.00112. The number of benzene rings is 1. The molecule has 2 aromatic rings. The van der Waals surface area contributed by atoms with Crippen LogP contribution in [0.1, 0.15) is 117 Å². The van der Waals surface area contributed by atoms with Gasteiger partial charge in [0.2, 0.25) is 29.5 Å². The molecule has 2 fully saturated rings. The number of hydroxylamine groups is 2. The number of carbonyl (C=O) groups is 11. The highest BCUT2D eigenvalue weighted by atomic mass is 33.1. The normalized spacial score (nSPS) is 26.6. The lowest BCUT2D eigenvalue weighted by molar-refractivity contribution is -0.197. The lowest BCUT2D eigenvalue weighted by atomic mass is 9.89. The van der Waals surface area contributed by atoms with Gasteiger partial charge >= 0.3 is 5.97 Å². The maximum absolute atomic E-state index is 14.8. The molecule has 23 nitrogen and oxygen atoms in total. The molecule has 4 aliphatic rings. The van der Waals surface area contributed by atoms with E-state index >= 15 is 0 Å². The van der Waals surface area contributed by atoms with Gasteiger partial charge in [-0.2, -0.15) is 0 Å². The third kappa shape index (κ3) is 16.4. The molecule has 0 saturated carbocycles. The Hall–Kier alpha value is -5.38. The SMILES string of the molecule is CC(O)[C@H]1CC(=O)[C@H](C)NC(=O)[C@H](C[C@@](C)(O)CO)NC(=O)[C@H]2CC(=O)[C@H](C)NC(=O)[C@@H]3C[C@@H](O)CN3C(=O)[C@@H](CSc3[nH]c4ccc(CC(=O)CCCSSC(C)(C)CCC(=O)ON5C(=O)CCC5=O)cc4c3C2)NC1=O. The Morgan fingerprint density at radius 3 is 2.21 bits per heavy atom. The number of rotatable bonds is 16. The fourth-order valence-electron chi connectivity index (χ4n) is 9.51. The molecule has 78 heavy (non-hydrogen) atoms. The van der Waals surface area contributed by atoms with Gasteiger partial charge in [-0.3, -0.25) is 47.9 Å². The van der Waals surface area contributed by atoms with Crippen molar-refractivity contribution in [2.24, 2.45) is 11.8 Å². The molecule has 1 aromatic carbocycles. The minimum atomic E-state index is -1.94. The number of carbonyl (C=O) groups excluding carboxylic acids is 11. The number of aliphatic hydroxyl groups is 4. The molecule has 1 unspecified atom stereocenters. The lowest BCUT2D eigenvalue weighted by Crippen LogP contribution is -2.57. The van der Waals surface area contributed by atoms with Crippen molar-refractivity contribution in [3.05, 3.63) is 29.3 Å². The molecule has 0 spiro atoms. The van der Waals surface area contributed by atoms with E-state index in [1.807, 2.05) is 13.8 Å². The van der Waals surface area contributed by atoms with Crippen LogP contribution < -0.4 is 21.3 Å². The highest BCUT2D eigenvalue weighted by molar-refractivity contribution is 8.77. The predicted octanol–water partition coefficient (Wildman–Crippen LogP) is 0.875. The Balaban J connectivity index is 1.31. The number of aliphatic hydroxyl groups excluding tert-OH is 3. The van der Waals surface area contributed by atoms with Gasteiger partial charge in [-0.1, -0.05) is 27.7 Å². The monoisotopic (exact) mass is 1150 g/mol. The summed E-state index contributed by atoms with van der Waals surface area (Å²) in [4.78, 5) is 159. The zero-order chi connectivity index (χ0) is 57.4. The van der Waals surface area contributed by atoms with E-state index in [0.29, 0.717) is 50.7 Å². The largest absolute Gasteiger partial charge is 0.393 e. The van der Waals surface area contributed by atoms with Crippen molar-refractivity contribution in [2.75, 3.05) is 24.7 Å². The summed E-state index contributed by atoms with van der Waals surface area (Å²) >= 11 is 1.06. The summed E-state index contributed by atoms with van der Waals surface area (Å²) in [5, 5.41) is 54.7. The second-order valence-corrected chi connectivity index (χ2v) is 25.7.